The number of carbonyl (C=O) groups is 6. The van der Waals surface area contributed by atoms with Gasteiger partial charge in [0.05, 0.1) is 61.0 Å². The molecule has 2 unspecified atom stereocenters. The number of hydrogen-bond donors (Lipinski definition) is 6. The Bertz CT molecular complexity index is 2370. The van der Waals surface area contributed by atoms with Gasteiger partial charge in [-0.25, -0.2) is 0 Å². The Morgan fingerprint density at radius 1 is 0.438 bits per heavy atom. The van der Waals surface area contributed by atoms with E-state index >= 15 is 0 Å². The van der Waals surface area contributed by atoms with Gasteiger partial charge in [-0.05, 0) is 118 Å². The lowest BCUT2D eigenvalue weighted by atomic mass is 9.97. The fourth-order valence-corrected chi connectivity index (χ4v) is 9.42. The molecule has 2 heterocycles. The third kappa shape index (κ3) is 35.0. The van der Waals surface area contributed by atoms with Crippen LogP contribution in [-0.2, 0) is 60.8 Å². The average Bonchev–Trinajstić information content (AvgIpc) is 3.36. The number of hydrogen-bond acceptors (Lipinski definition) is 22. The minimum Gasteiger partial charge on any atom is -0.480 e. The Balaban J connectivity index is 0.000000728. The number of aliphatic carboxylic acids is 6. The molecule has 0 saturated carbocycles. The molecule has 26 nitrogen and oxygen atoms in total. The number of carboxylic acids is 6. The second kappa shape index (κ2) is 42.2. The average molecular weight is 1160 g/mol. The van der Waals surface area contributed by atoms with E-state index in [4.69, 9.17) is 19.2 Å². The third-order valence-electron chi connectivity index (χ3n) is 12.6. The quantitative estimate of drug-likeness (QED) is 0.0900. The molecule has 0 aliphatic carbocycles. The van der Waals surface area contributed by atoms with Gasteiger partial charge in [0.1, 0.15) is 0 Å². The predicted octanol–water partition coefficient (Wildman–Crippen LogP) is 1.13. The summed E-state index contributed by atoms with van der Waals surface area (Å²) in [7, 11) is 3.97. The minimum absolute atomic E-state index is 0.0644. The van der Waals surface area contributed by atoms with E-state index in [1.807, 2.05) is 87.1 Å². The largest absolute Gasteiger partial charge is 0.480 e. The van der Waals surface area contributed by atoms with Crippen LogP contribution in [0.15, 0.2) is 58.5 Å². The maximum atomic E-state index is 11.8. The van der Waals surface area contributed by atoms with Gasteiger partial charge < -0.3 is 40.4 Å². The van der Waals surface area contributed by atoms with E-state index in [9.17, 15) is 59.4 Å². The van der Waals surface area contributed by atoms with Crippen molar-refractivity contribution >= 4 is 94.3 Å². The molecule has 0 amide bonds. The van der Waals surface area contributed by atoms with Crippen molar-refractivity contribution in [1.29, 1.82) is 0 Å². The number of carbonyl (C=O) groups excluding carboxylic acids is 4. The molecule has 0 bridgehead atoms. The highest BCUT2D eigenvalue weighted by molar-refractivity contribution is 7.78. The summed E-state index contributed by atoms with van der Waals surface area (Å²) in [6, 6.07) is 14.9. The molecule has 0 spiro atoms. The third-order valence-corrected chi connectivity index (χ3v) is 12.8. The lowest BCUT2D eigenvalue weighted by Crippen LogP contribution is -2.50. The van der Waals surface area contributed by atoms with Crippen molar-refractivity contribution in [2.75, 3.05) is 152 Å². The minimum atomic E-state index is -0.962. The topological polar surface area (TPSA) is 343 Å². The van der Waals surface area contributed by atoms with Gasteiger partial charge >= 0.3 is 48.1 Å². The molecule has 28 heteroatoms. The molecule has 0 aromatic heterocycles. The zero-order valence-electron chi connectivity index (χ0n) is 45.2. The molecule has 80 heavy (non-hydrogen) atoms. The van der Waals surface area contributed by atoms with Crippen molar-refractivity contribution in [2.45, 2.75) is 38.1 Å². The van der Waals surface area contributed by atoms with Crippen LogP contribution in [0.4, 0.5) is 11.4 Å². The molecular formula is C52H74N10O16S2. The van der Waals surface area contributed by atoms with Crippen molar-refractivity contribution < 1.29 is 78.6 Å². The number of aliphatic imine (C=N–C) groups is 2. The van der Waals surface area contributed by atoms with Crippen LogP contribution in [0.3, 0.4) is 0 Å². The normalized spacial score (nSPS) is 18.7. The molecule has 4 rings (SSSR count). The van der Waals surface area contributed by atoms with Crippen LogP contribution < -0.4 is 0 Å². The Kier molecular flexibility index (Phi) is 37.6. The van der Waals surface area contributed by atoms with Gasteiger partial charge in [0.15, 0.2) is 0 Å². The summed E-state index contributed by atoms with van der Waals surface area (Å²) < 4.78 is 0. The van der Waals surface area contributed by atoms with E-state index in [-0.39, 0.29) is 63.5 Å². The van der Waals surface area contributed by atoms with Crippen LogP contribution in [0, 0.1) is 5.92 Å². The Labute approximate surface area is 475 Å². The fraction of sp³-hybridized carbons (Fsp3) is 0.577. The summed E-state index contributed by atoms with van der Waals surface area (Å²) in [5.74, 6) is -5.46. The molecule has 2 aliphatic rings. The van der Waals surface area contributed by atoms with Gasteiger partial charge in [0, 0.05) is 97.7 Å². The van der Waals surface area contributed by atoms with Crippen molar-refractivity contribution in [1.82, 2.24) is 39.2 Å². The summed E-state index contributed by atoms with van der Waals surface area (Å²) in [6.45, 7) is 7.44. The maximum absolute atomic E-state index is 11.8. The van der Waals surface area contributed by atoms with Gasteiger partial charge in [-0.3, -0.25) is 58.2 Å². The number of rotatable bonds is 18. The smallest absolute Gasteiger partial charge is 0.373 e. The van der Waals surface area contributed by atoms with Gasteiger partial charge in [-0.2, -0.15) is 29.2 Å². The van der Waals surface area contributed by atoms with Crippen molar-refractivity contribution in [3.05, 3.63) is 59.7 Å². The van der Waals surface area contributed by atoms with E-state index in [2.05, 4.69) is 54.5 Å². The Hall–Kier alpha value is -6.70. The van der Waals surface area contributed by atoms with Crippen LogP contribution in [0.1, 0.15) is 30.4 Å². The predicted molar refractivity (Wildman–Crippen MR) is 295 cm³/mol. The molecule has 2 fully saturated rings. The van der Waals surface area contributed by atoms with E-state index in [0.717, 1.165) is 24.1 Å². The van der Waals surface area contributed by atoms with E-state index in [1.54, 1.807) is 4.90 Å². The Morgan fingerprint density at radius 2 is 0.775 bits per heavy atom. The van der Waals surface area contributed by atoms with Crippen molar-refractivity contribution in [3.63, 3.8) is 0 Å². The molecule has 6 N–H and O–H groups in total. The van der Waals surface area contributed by atoms with Crippen LogP contribution in [0.5, 0.6) is 0 Å². The summed E-state index contributed by atoms with van der Waals surface area (Å²) in [5, 5.41) is 61.3. The summed E-state index contributed by atoms with van der Waals surface area (Å²) in [6.07, 6.45) is 3.68. The number of likely N-dealkylation sites (N-methyl/N-ethyl adjacent to an activating group) is 2. The first kappa shape index (κ1) is 71.3. The fourth-order valence-electron chi connectivity index (χ4n) is 9.21. The van der Waals surface area contributed by atoms with Crippen LogP contribution in [0.25, 0.3) is 0 Å². The molecule has 2 saturated heterocycles. The molecule has 2 aliphatic heterocycles. The molecule has 2 atom stereocenters. The van der Waals surface area contributed by atoms with Gasteiger partial charge in [0.25, 0.3) is 0 Å². The van der Waals surface area contributed by atoms with Crippen LogP contribution in [0.2, 0.25) is 0 Å². The highest BCUT2D eigenvalue weighted by Gasteiger charge is 2.27. The maximum Gasteiger partial charge on any atom is 0.373 e. The molecular weight excluding hydrogens is 1080 g/mol. The van der Waals surface area contributed by atoms with Gasteiger partial charge in [-0.15, -0.1) is 0 Å². The number of nitrogens with zero attached hydrogens (tertiary/aromatic N) is 10. The SMILES string of the molecule is CN1CCCN(CC(=O)O)C(Cc2ccc(N=C=S)cc2)CN(CC(=O)O)CCCN(CC(=O)O)CC1.CN1CCN(CC(=O)O)CCCN(CC(=O)O)CCN(CC(=O)O)CC(Cc2ccc(N=C=S)cc2)C1.O=C=O.O=C=O. The van der Waals surface area contributed by atoms with E-state index in [1.165, 1.54) is 0 Å². The lowest BCUT2D eigenvalue weighted by molar-refractivity contribution is -0.193. The van der Waals surface area contributed by atoms with Gasteiger partial charge in [0.2, 0.25) is 0 Å². The standard InChI is InChI=1S/2C25H37N5O6S.2CO2/c1-27-8-2-11-30(18-25(35)36)22(14-20-4-6-21(7-5-20)26-19-37)15-29(17-24(33)34)10-3-9-28(13-12-27)16-23(31)32;1-27-9-10-28(16-23(31)32)7-2-8-29(17-24(33)34)11-12-30(18-25(35)36)15-21(14-27)13-20-3-5-22(6-4-20)26-19-37;2*2-1-3/h4-7,22H,2-3,8-18H2,1H3,(H,31,32)(H,33,34)(H,35,36);3-6,21H,2,7-18H2,1H3,(H,31,32)(H,33,34)(H,35,36);;. The summed E-state index contributed by atoms with van der Waals surface area (Å²) >= 11 is 9.32. The number of benzene rings is 2. The van der Waals surface area contributed by atoms with Crippen molar-refractivity contribution in [2.24, 2.45) is 15.9 Å². The molecule has 2 aromatic carbocycles. The second-order valence-corrected chi connectivity index (χ2v) is 19.5. The highest BCUT2D eigenvalue weighted by atomic mass is 32.1. The first-order valence-corrected chi connectivity index (χ1v) is 26.3. The molecule has 2 aromatic rings. The molecule has 440 valence electrons. The van der Waals surface area contributed by atoms with E-state index < -0.39 is 35.8 Å². The second-order valence-electron chi connectivity index (χ2n) is 19.1. The zero-order chi connectivity index (χ0) is 59.8. The summed E-state index contributed by atoms with van der Waals surface area (Å²) in [5.41, 5.74) is 3.45. The number of isothiocyanates is 2. The van der Waals surface area contributed by atoms with E-state index in [0.29, 0.717) is 129 Å². The van der Waals surface area contributed by atoms with Crippen LogP contribution >= 0.6 is 24.4 Å². The van der Waals surface area contributed by atoms with Crippen LogP contribution in [-0.4, -0.2) is 286 Å². The first-order chi connectivity index (χ1) is 38.1. The molecule has 0 radical (unpaired) electrons. The first-order valence-electron chi connectivity index (χ1n) is 25.5. The Morgan fingerprint density at radius 3 is 1.19 bits per heavy atom. The summed E-state index contributed by atoms with van der Waals surface area (Å²) in [4.78, 5) is 125. The number of carboxylic acid groups (broad SMARTS) is 6. The van der Waals surface area contributed by atoms with Crippen molar-refractivity contribution in [3.8, 4) is 0 Å². The van der Waals surface area contributed by atoms with Gasteiger partial charge in [-0.1, -0.05) is 24.3 Å². The zero-order valence-corrected chi connectivity index (χ0v) is 46.8. The highest BCUT2D eigenvalue weighted by Crippen LogP contribution is 2.19. The number of thiocarbonyl (C=S) groups is 2. The monoisotopic (exact) mass is 1160 g/mol. The lowest BCUT2D eigenvalue weighted by Gasteiger charge is -2.36.